The molecule has 1 amide bonds. The average Bonchev–Trinajstić information content (AvgIpc) is 2.37. The van der Waals surface area contributed by atoms with Gasteiger partial charge in [0.15, 0.2) is 0 Å². The number of carbonyl (C=O) groups is 1. The molecule has 0 saturated heterocycles. The summed E-state index contributed by atoms with van der Waals surface area (Å²) in [7, 11) is -1.54. The largest absolute Gasteiger partial charge is 0.353 e. The zero-order chi connectivity index (χ0) is 14.4. The van der Waals surface area contributed by atoms with E-state index in [1.807, 2.05) is 13.8 Å². The molecule has 3 atom stereocenters. The van der Waals surface area contributed by atoms with Crippen LogP contribution in [0.25, 0.3) is 0 Å². The van der Waals surface area contributed by atoms with Crippen molar-refractivity contribution in [2.75, 3.05) is 0 Å². The van der Waals surface area contributed by atoms with Gasteiger partial charge in [0.1, 0.15) is 11.1 Å². The molecule has 1 N–H and O–H groups in total. The monoisotopic (exact) mass is 285 g/mol. The lowest BCUT2D eigenvalue weighted by Gasteiger charge is -2.16. The molecule has 0 aliphatic carbocycles. The van der Waals surface area contributed by atoms with Crippen LogP contribution in [0, 0.1) is 5.82 Å². The lowest BCUT2D eigenvalue weighted by Crippen LogP contribution is -2.40. The van der Waals surface area contributed by atoms with E-state index in [0.29, 0.717) is 4.90 Å². The van der Waals surface area contributed by atoms with Crippen LogP contribution in [0.15, 0.2) is 29.2 Å². The number of amides is 1. The van der Waals surface area contributed by atoms with E-state index in [2.05, 4.69) is 5.32 Å². The summed E-state index contributed by atoms with van der Waals surface area (Å²) < 4.78 is 25.2. The summed E-state index contributed by atoms with van der Waals surface area (Å²) in [4.78, 5) is 12.3. The van der Waals surface area contributed by atoms with Crippen LogP contribution in [0.5, 0.6) is 0 Å². The number of nitrogens with one attached hydrogen (secondary N) is 1. The highest BCUT2D eigenvalue weighted by Gasteiger charge is 2.22. The first-order chi connectivity index (χ1) is 8.95. The third-order valence-corrected chi connectivity index (χ3v) is 4.40. The van der Waals surface area contributed by atoms with Crippen molar-refractivity contribution in [2.45, 2.75) is 49.8 Å². The topological polar surface area (TPSA) is 46.2 Å². The Kier molecular flexibility index (Phi) is 6.15. The van der Waals surface area contributed by atoms with Crippen molar-refractivity contribution in [3.63, 3.8) is 0 Å². The number of hydrogen-bond acceptors (Lipinski definition) is 2. The highest BCUT2D eigenvalue weighted by Crippen LogP contribution is 2.13. The summed E-state index contributed by atoms with van der Waals surface area (Å²) >= 11 is 0. The minimum absolute atomic E-state index is 0.0597. The first kappa shape index (κ1) is 15.8. The molecule has 0 radical (unpaired) electrons. The van der Waals surface area contributed by atoms with E-state index in [1.54, 1.807) is 13.0 Å². The van der Waals surface area contributed by atoms with Gasteiger partial charge in [-0.2, -0.15) is 0 Å². The molecule has 0 saturated carbocycles. The van der Waals surface area contributed by atoms with Crippen LogP contribution in [0.3, 0.4) is 0 Å². The summed E-state index contributed by atoms with van der Waals surface area (Å²) in [6.45, 7) is 5.55. The van der Waals surface area contributed by atoms with Crippen LogP contribution in [-0.2, 0) is 15.6 Å². The summed E-state index contributed by atoms with van der Waals surface area (Å²) in [5, 5.41) is 2.13. The molecule has 0 bridgehead atoms. The van der Waals surface area contributed by atoms with Crippen LogP contribution in [0.1, 0.15) is 33.6 Å². The lowest BCUT2D eigenvalue weighted by atomic mass is 10.2. The summed E-state index contributed by atoms with van der Waals surface area (Å²) in [6, 6.07) is 5.61. The van der Waals surface area contributed by atoms with Crippen molar-refractivity contribution in [2.24, 2.45) is 0 Å². The molecule has 0 aliphatic rings. The fourth-order valence-corrected chi connectivity index (χ4v) is 2.87. The van der Waals surface area contributed by atoms with Crippen LogP contribution < -0.4 is 5.32 Å². The molecule has 0 fully saturated rings. The second kappa shape index (κ2) is 7.38. The second-order valence-electron chi connectivity index (χ2n) is 4.60. The minimum atomic E-state index is -1.54. The molecule has 0 aromatic heterocycles. The molecule has 0 spiro atoms. The summed E-state index contributed by atoms with van der Waals surface area (Å²) in [5.74, 6) is -0.707. The van der Waals surface area contributed by atoms with Crippen LogP contribution >= 0.6 is 0 Å². The van der Waals surface area contributed by atoms with E-state index in [1.165, 1.54) is 18.2 Å². The van der Waals surface area contributed by atoms with E-state index in [0.717, 1.165) is 12.8 Å². The molecule has 106 valence electrons. The first-order valence-electron chi connectivity index (χ1n) is 6.42. The van der Waals surface area contributed by atoms with Gasteiger partial charge in [-0.15, -0.1) is 0 Å². The summed E-state index contributed by atoms with van der Waals surface area (Å²) in [5.41, 5.74) is 0. The molecule has 1 aromatic carbocycles. The van der Waals surface area contributed by atoms with Gasteiger partial charge in [-0.05, 0) is 38.5 Å². The van der Waals surface area contributed by atoms with Gasteiger partial charge in [-0.25, -0.2) is 4.39 Å². The third kappa shape index (κ3) is 4.74. The van der Waals surface area contributed by atoms with Gasteiger partial charge in [0.05, 0.1) is 10.8 Å². The summed E-state index contributed by atoms with van der Waals surface area (Å²) in [6.07, 6.45) is 1.86. The molecule has 19 heavy (non-hydrogen) atoms. The van der Waals surface area contributed by atoms with Gasteiger partial charge >= 0.3 is 0 Å². The number of hydrogen-bond donors (Lipinski definition) is 1. The quantitative estimate of drug-likeness (QED) is 0.873. The number of rotatable bonds is 6. The van der Waals surface area contributed by atoms with Gasteiger partial charge in [0, 0.05) is 10.9 Å². The minimum Gasteiger partial charge on any atom is -0.353 e. The molecular formula is C14H20FNO2S. The maximum absolute atomic E-state index is 13.1. The fourth-order valence-electron chi connectivity index (χ4n) is 1.76. The smallest absolute Gasteiger partial charge is 0.236 e. The van der Waals surface area contributed by atoms with E-state index in [4.69, 9.17) is 0 Å². The number of halogens is 1. The average molecular weight is 285 g/mol. The van der Waals surface area contributed by atoms with Crippen LogP contribution in [-0.4, -0.2) is 21.4 Å². The molecule has 3 nitrogen and oxygen atoms in total. The second-order valence-corrected chi connectivity index (χ2v) is 6.37. The maximum Gasteiger partial charge on any atom is 0.236 e. The van der Waals surface area contributed by atoms with E-state index in [9.17, 15) is 13.4 Å². The Morgan fingerprint density at radius 2 is 2.11 bits per heavy atom. The number of carbonyl (C=O) groups excluding carboxylic acids is 1. The molecule has 3 unspecified atom stereocenters. The Morgan fingerprint density at radius 3 is 2.68 bits per heavy atom. The van der Waals surface area contributed by atoms with Crippen LogP contribution in [0.2, 0.25) is 0 Å². The Bertz CT molecular complexity index is 465. The molecular weight excluding hydrogens is 265 g/mol. The highest BCUT2D eigenvalue weighted by atomic mass is 32.2. The van der Waals surface area contributed by atoms with Gasteiger partial charge in [-0.1, -0.05) is 19.4 Å². The van der Waals surface area contributed by atoms with Crippen molar-refractivity contribution in [1.29, 1.82) is 0 Å². The number of benzene rings is 1. The zero-order valence-electron chi connectivity index (χ0n) is 11.5. The van der Waals surface area contributed by atoms with Gasteiger partial charge in [0.2, 0.25) is 5.91 Å². The normalized spacial score (nSPS) is 15.6. The van der Waals surface area contributed by atoms with Crippen molar-refractivity contribution in [3.8, 4) is 0 Å². The van der Waals surface area contributed by atoms with Gasteiger partial charge in [-0.3, -0.25) is 9.00 Å². The SMILES string of the molecule is CCCC(C)NC(=O)C(C)S(=O)c1cccc(F)c1. The standard InChI is InChI=1S/C14H20FNO2S/c1-4-6-10(2)16-14(17)11(3)19(18)13-8-5-7-12(15)9-13/h5,7-11H,4,6H2,1-3H3,(H,16,17). The van der Waals surface area contributed by atoms with Gasteiger partial charge in [0.25, 0.3) is 0 Å². The molecule has 0 aliphatic heterocycles. The van der Waals surface area contributed by atoms with Crippen LogP contribution in [0.4, 0.5) is 4.39 Å². The van der Waals surface area contributed by atoms with E-state index < -0.39 is 21.9 Å². The van der Waals surface area contributed by atoms with E-state index >= 15 is 0 Å². The van der Waals surface area contributed by atoms with Crippen molar-refractivity contribution in [3.05, 3.63) is 30.1 Å². The first-order valence-corrected chi connectivity index (χ1v) is 7.63. The predicted molar refractivity (Wildman–Crippen MR) is 74.8 cm³/mol. The molecule has 1 rings (SSSR count). The fraction of sp³-hybridized carbons (Fsp3) is 0.500. The highest BCUT2D eigenvalue weighted by molar-refractivity contribution is 7.86. The Balaban J connectivity index is 2.69. The van der Waals surface area contributed by atoms with Gasteiger partial charge < -0.3 is 5.32 Å². The molecule has 1 aromatic rings. The zero-order valence-corrected chi connectivity index (χ0v) is 12.3. The van der Waals surface area contributed by atoms with E-state index in [-0.39, 0.29) is 11.9 Å². The molecule has 5 heteroatoms. The molecule has 0 heterocycles. The third-order valence-electron chi connectivity index (χ3n) is 2.83. The Hall–Kier alpha value is -1.23. The van der Waals surface area contributed by atoms with Crippen molar-refractivity contribution in [1.82, 2.24) is 5.32 Å². The maximum atomic E-state index is 13.1. The lowest BCUT2D eigenvalue weighted by molar-refractivity contribution is -0.121. The van der Waals surface area contributed by atoms with Crippen molar-refractivity contribution >= 4 is 16.7 Å². The Morgan fingerprint density at radius 1 is 1.42 bits per heavy atom. The Labute approximate surface area is 116 Å². The predicted octanol–water partition coefficient (Wildman–Crippen LogP) is 2.63. The van der Waals surface area contributed by atoms with Crippen molar-refractivity contribution < 1.29 is 13.4 Å².